The molecule has 26 heavy (non-hydrogen) atoms. The number of hydrogen-bond donors (Lipinski definition) is 2. The molecule has 0 aliphatic heterocycles. The third-order valence-electron chi connectivity index (χ3n) is 4.00. The summed E-state index contributed by atoms with van der Waals surface area (Å²) >= 11 is 0. The average Bonchev–Trinajstić information content (AvgIpc) is 2.67. The quantitative estimate of drug-likeness (QED) is 0.709. The molecule has 2 amide bonds. The lowest BCUT2D eigenvalue weighted by Gasteiger charge is -2.15. The molecule has 2 aromatic carbocycles. The number of amides is 2. The van der Waals surface area contributed by atoms with E-state index in [1.54, 1.807) is 18.2 Å². The summed E-state index contributed by atoms with van der Waals surface area (Å²) in [5.74, 6) is -1.58. The molecule has 2 rings (SSSR count). The molecule has 0 spiro atoms. The summed E-state index contributed by atoms with van der Waals surface area (Å²) in [6.07, 6.45) is 1.94. The van der Waals surface area contributed by atoms with Crippen molar-refractivity contribution in [3.63, 3.8) is 0 Å². The summed E-state index contributed by atoms with van der Waals surface area (Å²) in [5.41, 5.74) is 7.10. The number of aryl methyl sites for hydroxylation is 1. The number of hydrogen-bond acceptors (Lipinski definition) is 4. The lowest BCUT2D eigenvalue weighted by molar-refractivity contribution is -0.120. The average molecular weight is 354 g/mol. The normalized spacial score (nSPS) is 11.4. The molecule has 1 atom stereocenters. The van der Waals surface area contributed by atoms with Crippen molar-refractivity contribution in [3.8, 4) is 0 Å². The first-order chi connectivity index (χ1) is 12.5. The van der Waals surface area contributed by atoms with Crippen molar-refractivity contribution < 1.29 is 19.1 Å². The zero-order chi connectivity index (χ0) is 18.9. The number of rotatable bonds is 8. The second-order valence-electron chi connectivity index (χ2n) is 5.88. The SMILES string of the molecule is COC(=O)c1cccc(C(=O)N[C@H](CCCc2ccccc2)C(N)=O)c1. The van der Waals surface area contributed by atoms with Gasteiger partial charge in [0.1, 0.15) is 6.04 Å². The summed E-state index contributed by atoms with van der Waals surface area (Å²) in [6.45, 7) is 0. The van der Waals surface area contributed by atoms with E-state index < -0.39 is 23.8 Å². The van der Waals surface area contributed by atoms with E-state index in [4.69, 9.17) is 5.73 Å². The van der Waals surface area contributed by atoms with Crippen LogP contribution in [-0.2, 0) is 16.0 Å². The Morgan fingerprint density at radius 3 is 2.38 bits per heavy atom. The van der Waals surface area contributed by atoms with Gasteiger partial charge in [0.05, 0.1) is 12.7 Å². The monoisotopic (exact) mass is 354 g/mol. The van der Waals surface area contributed by atoms with Crippen LogP contribution >= 0.6 is 0 Å². The topological polar surface area (TPSA) is 98.5 Å². The Morgan fingerprint density at radius 2 is 1.73 bits per heavy atom. The van der Waals surface area contributed by atoms with E-state index in [-0.39, 0.29) is 11.1 Å². The molecule has 0 aromatic heterocycles. The van der Waals surface area contributed by atoms with E-state index in [1.165, 1.54) is 13.2 Å². The van der Waals surface area contributed by atoms with Gasteiger partial charge in [0.15, 0.2) is 0 Å². The second-order valence-corrected chi connectivity index (χ2v) is 5.88. The van der Waals surface area contributed by atoms with Gasteiger partial charge in [-0.3, -0.25) is 9.59 Å². The van der Waals surface area contributed by atoms with Gasteiger partial charge >= 0.3 is 5.97 Å². The van der Waals surface area contributed by atoms with E-state index >= 15 is 0 Å². The van der Waals surface area contributed by atoms with Crippen molar-refractivity contribution in [2.75, 3.05) is 7.11 Å². The molecule has 0 aliphatic carbocycles. The Kier molecular flexibility index (Phi) is 6.91. The predicted molar refractivity (Wildman–Crippen MR) is 97.6 cm³/mol. The number of primary amides is 1. The second kappa shape index (κ2) is 9.36. The van der Waals surface area contributed by atoms with Gasteiger partial charge in [-0.15, -0.1) is 0 Å². The van der Waals surface area contributed by atoms with Crippen molar-refractivity contribution in [1.29, 1.82) is 0 Å². The first kappa shape index (κ1) is 19.2. The highest BCUT2D eigenvalue weighted by Gasteiger charge is 2.19. The molecule has 136 valence electrons. The summed E-state index contributed by atoms with van der Waals surface area (Å²) in [4.78, 5) is 35.6. The molecule has 2 aromatic rings. The van der Waals surface area contributed by atoms with Gasteiger partial charge in [0, 0.05) is 5.56 Å². The maximum atomic E-state index is 12.4. The lowest BCUT2D eigenvalue weighted by Crippen LogP contribution is -2.44. The minimum atomic E-state index is -0.770. The minimum absolute atomic E-state index is 0.264. The minimum Gasteiger partial charge on any atom is -0.465 e. The van der Waals surface area contributed by atoms with Crippen molar-refractivity contribution in [1.82, 2.24) is 5.32 Å². The molecule has 6 nitrogen and oxygen atoms in total. The predicted octanol–water partition coefficient (Wildman–Crippen LogP) is 2.08. The van der Waals surface area contributed by atoms with Crippen LogP contribution in [0.2, 0.25) is 0 Å². The molecule has 3 N–H and O–H groups in total. The van der Waals surface area contributed by atoms with Gasteiger partial charge in [-0.1, -0.05) is 36.4 Å². The number of nitrogens with one attached hydrogen (secondary N) is 1. The first-order valence-corrected chi connectivity index (χ1v) is 8.33. The number of benzene rings is 2. The Balaban J connectivity index is 1.97. The molecule has 0 unspecified atom stereocenters. The Bertz CT molecular complexity index is 774. The van der Waals surface area contributed by atoms with Crippen LogP contribution in [-0.4, -0.2) is 30.9 Å². The Morgan fingerprint density at radius 1 is 1.04 bits per heavy atom. The summed E-state index contributed by atoms with van der Waals surface area (Å²) in [5, 5.41) is 2.64. The smallest absolute Gasteiger partial charge is 0.337 e. The molecule has 0 aliphatic rings. The molecular formula is C20H22N2O4. The van der Waals surface area contributed by atoms with Gasteiger partial charge in [-0.2, -0.15) is 0 Å². The highest BCUT2D eigenvalue weighted by Crippen LogP contribution is 2.10. The van der Waals surface area contributed by atoms with Crippen LogP contribution in [0.5, 0.6) is 0 Å². The third-order valence-corrected chi connectivity index (χ3v) is 4.00. The Labute approximate surface area is 152 Å². The number of methoxy groups -OCH3 is 1. The fourth-order valence-corrected chi connectivity index (χ4v) is 2.59. The molecule has 0 saturated heterocycles. The fourth-order valence-electron chi connectivity index (χ4n) is 2.59. The number of esters is 1. The molecule has 0 bridgehead atoms. The summed E-state index contributed by atoms with van der Waals surface area (Å²) < 4.78 is 4.64. The number of nitrogens with two attached hydrogens (primary N) is 1. The number of ether oxygens (including phenoxy) is 1. The third kappa shape index (κ3) is 5.44. The van der Waals surface area contributed by atoms with Gasteiger partial charge in [0.2, 0.25) is 5.91 Å². The fraction of sp³-hybridized carbons (Fsp3) is 0.250. The van der Waals surface area contributed by atoms with Crippen LogP contribution in [0, 0.1) is 0 Å². The number of carbonyl (C=O) groups excluding carboxylic acids is 3. The highest BCUT2D eigenvalue weighted by atomic mass is 16.5. The van der Waals surface area contributed by atoms with Crippen molar-refractivity contribution in [2.24, 2.45) is 5.73 Å². The molecular weight excluding hydrogens is 332 g/mol. The highest BCUT2D eigenvalue weighted by molar-refractivity contribution is 5.99. The van der Waals surface area contributed by atoms with Gasteiger partial charge in [-0.05, 0) is 43.0 Å². The maximum Gasteiger partial charge on any atom is 0.337 e. The van der Waals surface area contributed by atoms with E-state index in [0.29, 0.717) is 12.8 Å². The van der Waals surface area contributed by atoms with Crippen molar-refractivity contribution in [3.05, 3.63) is 71.3 Å². The van der Waals surface area contributed by atoms with Crippen molar-refractivity contribution >= 4 is 17.8 Å². The van der Waals surface area contributed by atoms with Gasteiger partial charge < -0.3 is 15.8 Å². The number of carbonyl (C=O) groups is 3. The maximum absolute atomic E-state index is 12.4. The van der Waals surface area contributed by atoms with Gasteiger partial charge in [-0.25, -0.2) is 4.79 Å². The summed E-state index contributed by atoms with van der Waals surface area (Å²) in [7, 11) is 1.27. The standard InChI is InChI=1S/C20H22N2O4/c1-26-20(25)16-11-6-10-15(13-16)19(24)22-17(18(21)23)12-5-9-14-7-3-2-4-8-14/h2-4,6-8,10-11,13,17H,5,9,12H2,1H3,(H2,21,23)(H,22,24)/t17-/m1/s1. The zero-order valence-electron chi connectivity index (χ0n) is 14.6. The van der Waals surface area contributed by atoms with E-state index in [9.17, 15) is 14.4 Å². The van der Waals surface area contributed by atoms with E-state index in [2.05, 4.69) is 10.1 Å². The van der Waals surface area contributed by atoms with E-state index in [1.807, 2.05) is 30.3 Å². The van der Waals surface area contributed by atoms with Crippen LogP contribution in [0.3, 0.4) is 0 Å². The van der Waals surface area contributed by atoms with Crippen LogP contribution in [0.1, 0.15) is 39.1 Å². The molecule has 0 heterocycles. The van der Waals surface area contributed by atoms with Gasteiger partial charge in [0.25, 0.3) is 5.91 Å². The van der Waals surface area contributed by atoms with Crippen molar-refractivity contribution in [2.45, 2.75) is 25.3 Å². The summed E-state index contributed by atoms with van der Waals surface area (Å²) in [6, 6.07) is 15.2. The van der Waals surface area contributed by atoms with Crippen LogP contribution < -0.4 is 11.1 Å². The Hall–Kier alpha value is -3.15. The molecule has 0 saturated carbocycles. The first-order valence-electron chi connectivity index (χ1n) is 8.33. The largest absolute Gasteiger partial charge is 0.465 e. The van der Waals surface area contributed by atoms with Crippen LogP contribution in [0.4, 0.5) is 0 Å². The molecule has 6 heteroatoms. The van der Waals surface area contributed by atoms with E-state index in [0.717, 1.165) is 12.0 Å². The molecule has 0 radical (unpaired) electrons. The molecule has 0 fully saturated rings. The van der Waals surface area contributed by atoms with Crippen LogP contribution in [0.15, 0.2) is 54.6 Å². The zero-order valence-corrected chi connectivity index (χ0v) is 14.6. The lowest BCUT2D eigenvalue weighted by atomic mass is 10.0. The van der Waals surface area contributed by atoms with Crippen LogP contribution in [0.25, 0.3) is 0 Å².